The van der Waals surface area contributed by atoms with Gasteiger partial charge in [0.25, 0.3) is 0 Å². The van der Waals surface area contributed by atoms with Gasteiger partial charge in [-0.2, -0.15) is 0 Å². The second-order valence-corrected chi connectivity index (χ2v) is 8.04. The summed E-state index contributed by atoms with van der Waals surface area (Å²) >= 11 is 1.43. The first-order valence-electron chi connectivity index (χ1n) is 9.52. The monoisotopic (exact) mass is 425 g/mol. The normalized spacial score (nSPS) is 14.6. The third-order valence-corrected chi connectivity index (χ3v) is 6.18. The Hall–Kier alpha value is -3.03. The molecule has 0 amide bonds. The topological polar surface area (TPSA) is 55.8 Å². The maximum Gasteiger partial charge on any atom is 0.344 e. The highest BCUT2D eigenvalue weighted by atomic mass is 32.1. The number of hydrogen-bond donors (Lipinski definition) is 0. The Kier molecular flexibility index (Phi) is 5.92. The van der Waals surface area contributed by atoms with Gasteiger partial charge in [-0.25, -0.2) is 14.0 Å². The molecule has 0 radical (unpaired) electrons. The summed E-state index contributed by atoms with van der Waals surface area (Å²) in [6.45, 7) is 0.997. The highest BCUT2D eigenvalue weighted by Gasteiger charge is 2.34. The van der Waals surface area contributed by atoms with Crippen LogP contribution in [0.4, 0.5) is 4.39 Å². The smallest absolute Gasteiger partial charge is 0.344 e. The van der Waals surface area contributed by atoms with Gasteiger partial charge >= 0.3 is 11.9 Å². The van der Waals surface area contributed by atoms with E-state index in [1.54, 1.807) is 42.5 Å². The predicted octanol–water partition coefficient (Wildman–Crippen LogP) is 4.38. The molecule has 0 saturated carbocycles. The van der Waals surface area contributed by atoms with E-state index in [2.05, 4.69) is 0 Å². The molecule has 2 aromatic carbocycles. The number of ether oxygens (including phenoxy) is 2. The minimum absolute atomic E-state index is 0.291. The summed E-state index contributed by atoms with van der Waals surface area (Å²) in [5.74, 6) is -1.36. The molecule has 0 bridgehead atoms. The van der Waals surface area contributed by atoms with E-state index in [1.807, 2.05) is 17.0 Å². The number of rotatable bonds is 5. The summed E-state index contributed by atoms with van der Waals surface area (Å²) in [4.78, 5) is 27.8. The molecule has 0 spiro atoms. The van der Waals surface area contributed by atoms with E-state index in [0.717, 1.165) is 10.4 Å². The first-order chi connectivity index (χ1) is 14.6. The Balaban J connectivity index is 1.55. The van der Waals surface area contributed by atoms with E-state index in [-0.39, 0.29) is 0 Å². The van der Waals surface area contributed by atoms with Gasteiger partial charge in [-0.1, -0.05) is 36.4 Å². The van der Waals surface area contributed by atoms with Crippen LogP contribution >= 0.6 is 11.3 Å². The number of hydrogen-bond acceptors (Lipinski definition) is 6. The van der Waals surface area contributed by atoms with Crippen molar-refractivity contribution in [3.63, 3.8) is 0 Å². The molecule has 0 saturated heterocycles. The van der Waals surface area contributed by atoms with E-state index < -0.39 is 23.8 Å². The molecule has 5 nitrogen and oxygen atoms in total. The maximum absolute atomic E-state index is 14.4. The molecule has 7 heteroatoms. The first kappa shape index (κ1) is 20.3. The van der Waals surface area contributed by atoms with Crippen molar-refractivity contribution in [1.29, 1.82) is 0 Å². The predicted molar refractivity (Wildman–Crippen MR) is 111 cm³/mol. The second-order valence-electron chi connectivity index (χ2n) is 6.94. The summed E-state index contributed by atoms with van der Waals surface area (Å²) < 4.78 is 24.9. The van der Waals surface area contributed by atoms with E-state index >= 15 is 0 Å². The van der Waals surface area contributed by atoms with Crippen molar-refractivity contribution in [2.75, 3.05) is 13.7 Å². The molecule has 1 atom stereocenters. The molecule has 1 aromatic heterocycles. The van der Waals surface area contributed by atoms with Crippen LogP contribution in [-0.4, -0.2) is 30.5 Å². The zero-order chi connectivity index (χ0) is 21.1. The summed E-state index contributed by atoms with van der Waals surface area (Å²) in [5, 5.41) is 0.510. The Morgan fingerprint density at radius 2 is 1.83 bits per heavy atom. The van der Waals surface area contributed by atoms with E-state index in [4.69, 9.17) is 9.47 Å². The van der Waals surface area contributed by atoms with Crippen molar-refractivity contribution in [3.8, 4) is 5.06 Å². The summed E-state index contributed by atoms with van der Waals surface area (Å²) in [6.07, 6.45) is 0.671. The standard InChI is InChI=1S/C23H20FNO4S/c1-28-23(27)21(17-9-5-6-10-18(17)24)25-12-11-19-16(14-25)13-20(30-19)29-22(26)15-7-3-2-4-8-15/h2-10,13,21H,11-12,14H2,1H3/t21-/m0/s1. The number of thiophene rings is 1. The molecule has 0 N–H and O–H groups in total. The highest BCUT2D eigenvalue weighted by Crippen LogP contribution is 2.37. The van der Waals surface area contributed by atoms with Crippen LogP contribution in [0, 0.1) is 5.82 Å². The Labute approximate surface area is 177 Å². The Bertz CT molecular complexity index is 1070. The van der Waals surface area contributed by atoms with Gasteiger partial charge in [-0.05, 0) is 36.2 Å². The molecule has 0 fully saturated rings. The molecule has 1 aliphatic rings. The van der Waals surface area contributed by atoms with Crippen molar-refractivity contribution < 1.29 is 23.5 Å². The van der Waals surface area contributed by atoms with Crippen molar-refractivity contribution in [1.82, 2.24) is 4.90 Å². The fourth-order valence-electron chi connectivity index (χ4n) is 3.60. The summed E-state index contributed by atoms with van der Waals surface area (Å²) in [6, 6.07) is 16.0. The molecule has 30 heavy (non-hydrogen) atoms. The van der Waals surface area contributed by atoms with Crippen molar-refractivity contribution in [3.05, 3.63) is 88.0 Å². The average Bonchev–Trinajstić information content (AvgIpc) is 3.17. The molecule has 1 aliphatic heterocycles. The average molecular weight is 425 g/mol. The summed E-state index contributed by atoms with van der Waals surface area (Å²) in [7, 11) is 1.30. The SMILES string of the molecule is COC(=O)[C@H](c1ccccc1F)N1CCc2sc(OC(=O)c3ccccc3)cc2C1. The van der Waals surface area contributed by atoms with Gasteiger partial charge in [-0.3, -0.25) is 4.90 Å². The zero-order valence-corrected chi connectivity index (χ0v) is 17.2. The summed E-state index contributed by atoms with van der Waals surface area (Å²) in [5.41, 5.74) is 1.74. The number of fused-ring (bicyclic) bond motifs is 1. The van der Waals surface area contributed by atoms with Crippen LogP contribution in [0.25, 0.3) is 0 Å². The van der Waals surface area contributed by atoms with Gasteiger partial charge in [0.2, 0.25) is 0 Å². The third kappa shape index (κ3) is 4.13. The van der Waals surface area contributed by atoms with Gasteiger partial charge in [-0.15, -0.1) is 11.3 Å². The highest BCUT2D eigenvalue weighted by molar-refractivity contribution is 7.14. The van der Waals surface area contributed by atoms with Crippen LogP contribution < -0.4 is 4.74 Å². The van der Waals surface area contributed by atoms with Crippen LogP contribution in [0.15, 0.2) is 60.7 Å². The van der Waals surface area contributed by atoms with Crippen LogP contribution in [-0.2, 0) is 22.5 Å². The number of carbonyl (C=O) groups excluding carboxylic acids is 2. The van der Waals surface area contributed by atoms with Gasteiger partial charge < -0.3 is 9.47 Å². The fraction of sp³-hybridized carbons (Fsp3) is 0.217. The molecular formula is C23H20FNO4S. The molecule has 0 unspecified atom stereocenters. The molecule has 2 heterocycles. The zero-order valence-electron chi connectivity index (χ0n) is 16.3. The lowest BCUT2D eigenvalue weighted by molar-refractivity contribution is -0.147. The molecule has 3 aromatic rings. The number of methoxy groups -OCH3 is 1. The number of esters is 2. The lowest BCUT2D eigenvalue weighted by Crippen LogP contribution is -2.38. The number of halogens is 1. The largest absolute Gasteiger partial charge is 0.468 e. The van der Waals surface area contributed by atoms with E-state index in [9.17, 15) is 14.0 Å². The molecular weight excluding hydrogens is 405 g/mol. The molecule has 4 rings (SSSR count). The van der Waals surface area contributed by atoms with Gasteiger partial charge in [0.05, 0.1) is 12.7 Å². The number of nitrogens with zero attached hydrogens (tertiary/aromatic N) is 1. The van der Waals surface area contributed by atoms with E-state index in [1.165, 1.54) is 24.5 Å². The van der Waals surface area contributed by atoms with Crippen molar-refractivity contribution in [2.45, 2.75) is 19.0 Å². The molecule has 0 aliphatic carbocycles. The van der Waals surface area contributed by atoms with Crippen molar-refractivity contribution >= 4 is 23.3 Å². The van der Waals surface area contributed by atoms with Gasteiger partial charge in [0, 0.05) is 23.5 Å². The fourth-order valence-corrected chi connectivity index (χ4v) is 4.61. The van der Waals surface area contributed by atoms with Crippen LogP contribution in [0.2, 0.25) is 0 Å². The quantitative estimate of drug-likeness (QED) is 0.568. The van der Waals surface area contributed by atoms with Crippen LogP contribution in [0.1, 0.15) is 32.4 Å². The number of benzene rings is 2. The second kappa shape index (κ2) is 8.77. The first-order valence-corrected chi connectivity index (χ1v) is 10.3. The Morgan fingerprint density at radius 3 is 2.57 bits per heavy atom. The minimum atomic E-state index is -0.834. The lowest BCUT2D eigenvalue weighted by atomic mass is 10.0. The maximum atomic E-state index is 14.4. The molecule has 154 valence electrons. The number of carbonyl (C=O) groups is 2. The van der Waals surface area contributed by atoms with E-state index in [0.29, 0.717) is 35.7 Å². The Morgan fingerprint density at radius 1 is 1.10 bits per heavy atom. The van der Waals surface area contributed by atoms with Gasteiger partial charge in [0.15, 0.2) is 5.06 Å². The lowest BCUT2D eigenvalue weighted by Gasteiger charge is -2.33. The van der Waals surface area contributed by atoms with Crippen LogP contribution in [0.3, 0.4) is 0 Å². The van der Waals surface area contributed by atoms with Crippen LogP contribution in [0.5, 0.6) is 5.06 Å². The third-order valence-electron chi connectivity index (χ3n) is 5.07. The minimum Gasteiger partial charge on any atom is -0.468 e. The van der Waals surface area contributed by atoms with Crippen molar-refractivity contribution in [2.24, 2.45) is 0 Å². The van der Waals surface area contributed by atoms with Gasteiger partial charge in [0.1, 0.15) is 11.9 Å².